The Bertz CT molecular complexity index is 1160. The minimum absolute atomic E-state index is 0.0743. The Balaban J connectivity index is 1.38. The summed E-state index contributed by atoms with van der Waals surface area (Å²) >= 11 is 7.98. The first-order valence-electron chi connectivity index (χ1n) is 11.5. The van der Waals surface area contributed by atoms with Crippen LogP contribution in [-0.4, -0.2) is 63.4 Å². The van der Waals surface area contributed by atoms with Gasteiger partial charge < -0.3 is 14.7 Å². The molecule has 4 rings (SSSR count). The number of hydrogen-bond donors (Lipinski definition) is 1. The van der Waals surface area contributed by atoms with Crippen molar-refractivity contribution in [2.45, 2.75) is 36.9 Å². The molecule has 1 N–H and O–H groups in total. The number of likely N-dealkylation sites (tertiary alicyclic amines) is 1. The highest BCUT2D eigenvalue weighted by Crippen LogP contribution is 2.42. The van der Waals surface area contributed by atoms with Crippen molar-refractivity contribution in [1.82, 2.24) is 19.9 Å². The van der Waals surface area contributed by atoms with E-state index in [9.17, 15) is 9.90 Å². The Morgan fingerprint density at radius 1 is 1.29 bits per heavy atom. The molecule has 0 unspecified atom stereocenters. The van der Waals surface area contributed by atoms with E-state index in [1.165, 1.54) is 6.20 Å². The molecule has 3 heterocycles. The van der Waals surface area contributed by atoms with Gasteiger partial charge in [-0.3, -0.25) is 14.8 Å². The van der Waals surface area contributed by atoms with Crippen LogP contribution in [0.5, 0.6) is 5.75 Å². The number of aromatic nitrogens is 3. The number of carboxylic acid groups (broad SMARTS) is 1. The molecule has 0 radical (unpaired) electrons. The number of rotatable bonds is 10. The van der Waals surface area contributed by atoms with E-state index in [1.54, 1.807) is 55.7 Å². The summed E-state index contributed by atoms with van der Waals surface area (Å²) in [5, 5.41) is 11.8. The fraction of sp³-hybridized carbons (Fsp3) is 0.440. The van der Waals surface area contributed by atoms with Crippen LogP contribution in [0, 0.1) is 5.41 Å². The molecule has 10 heteroatoms. The molecular weight excluding hydrogens is 491 g/mol. The topological polar surface area (TPSA) is 88.4 Å². The summed E-state index contributed by atoms with van der Waals surface area (Å²) in [6.45, 7) is 2.17. The number of fused-ring (bicyclic) bond motifs is 1. The maximum atomic E-state index is 15.6. The van der Waals surface area contributed by atoms with Crippen molar-refractivity contribution in [1.29, 1.82) is 0 Å². The minimum atomic E-state index is -1.40. The van der Waals surface area contributed by atoms with Gasteiger partial charge in [0.1, 0.15) is 16.9 Å². The van der Waals surface area contributed by atoms with Crippen molar-refractivity contribution in [2.24, 2.45) is 5.41 Å². The first kappa shape index (κ1) is 25.6. The first-order chi connectivity index (χ1) is 16.9. The number of nitrogens with zero attached hydrogens (tertiary/aromatic N) is 4. The molecule has 1 aliphatic rings. The molecule has 1 aromatic carbocycles. The quantitative estimate of drug-likeness (QED) is 0.355. The molecule has 35 heavy (non-hydrogen) atoms. The van der Waals surface area contributed by atoms with Crippen LogP contribution >= 0.6 is 23.4 Å². The van der Waals surface area contributed by atoms with Gasteiger partial charge in [-0.25, -0.2) is 9.37 Å². The van der Waals surface area contributed by atoms with Crippen LogP contribution in [0.15, 0.2) is 48.0 Å². The van der Waals surface area contributed by atoms with Crippen molar-refractivity contribution in [2.75, 3.05) is 32.5 Å². The SMILES string of the molecule is COc1ccc2ncc(Cl)c([C@@H](F)CCC3(C(=O)O)CCN(CCSc4cnccn4)CC3)c2c1. The third-order valence-corrected chi connectivity index (χ3v) is 7.92. The summed E-state index contributed by atoms with van der Waals surface area (Å²) in [5.74, 6) is 0.579. The molecule has 0 amide bonds. The van der Waals surface area contributed by atoms with Crippen LogP contribution in [0.25, 0.3) is 10.9 Å². The van der Waals surface area contributed by atoms with Gasteiger partial charge >= 0.3 is 5.97 Å². The van der Waals surface area contributed by atoms with Gasteiger partial charge in [0, 0.05) is 41.8 Å². The summed E-state index contributed by atoms with van der Waals surface area (Å²) in [6.07, 6.45) is 6.39. The predicted octanol–water partition coefficient (Wildman–Crippen LogP) is 5.44. The number of carbonyl (C=O) groups is 1. The van der Waals surface area contributed by atoms with Crippen molar-refractivity contribution in [3.8, 4) is 5.75 Å². The minimum Gasteiger partial charge on any atom is -0.497 e. The van der Waals surface area contributed by atoms with Gasteiger partial charge in [-0.2, -0.15) is 0 Å². The molecule has 1 saturated heterocycles. The lowest BCUT2D eigenvalue weighted by Crippen LogP contribution is -2.45. The van der Waals surface area contributed by atoms with E-state index < -0.39 is 17.6 Å². The van der Waals surface area contributed by atoms with E-state index in [4.69, 9.17) is 16.3 Å². The second kappa shape index (κ2) is 11.5. The van der Waals surface area contributed by atoms with Gasteiger partial charge in [0.25, 0.3) is 0 Å². The van der Waals surface area contributed by atoms with Crippen molar-refractivity contribution >= 4 is 40.2 Å². The number of ether oxygens (including phenoxy) is 1. The zero-order valence-electron chi connectivity index (χ0n) is 19.5. The molecular formula is C25H28ClFN4O3S. The van der Waals surface area contributed by atoms with Crippen molar-refractivity contribution in [3.05, 3.63) is 53.6 Å². The smallest absolute Gasteiger partial charge is 0.309 e. The first-order valence-corrected chi connectivity index (χ1v) is 12.9. The molecule has 0 aliphatic carbocycles. The van der Waals surface area contributed by atoms with Gasteiger partial charge in [-0.05, 0) is 57.0 Å². The highest BCUT2D eigenvalue weighted by Gasteiger charge is 2.41. The number of pyridine rings is 1. The molecule has 1 aliphatic heterocycles. The van der Waals surface area contributed by atoms with Gasteiger partial charge in [-0.15, -0.1) is 11.8 Å². The molecule has 0 saturated carbocycles. The molecule has 3 aromatic rings. The fourth-order valence-electron chi connectivity index (χ4n) is 4.58. The third kappa shape index (κ3) is 6.02. The van der Waals surface area contributed by atoms with Gasteiger partial charge in [0.15, 0.2) is 0 Å². The maximum absolute atomic E-state index is 15.6. The Labute approximate surface area is 213 Å². The second-order valence-corrected chi connectivity index (χ2v) is 10.3. The van der Waals surface area contributed by atoms with Crippen molar-refractivity contribution in [3.63, 3.8) is 0 Å². The summed E-state index contributed by atoms with van der Waals surface area (Å²) in [6, 6.07) is 5.25. The van der Waals surface area contributed by atoms with Crippen LogP contribution in [0.3, 0.4) is 0 Å². The van der Waals surface area contributed by atoms with Crippen molar-refractivity contribution < 1.29 is 19.0 Å². The highest BCUT2D eigenvalue weighted by molar-refractivity contribution is 7.99. The Morgan fingerprint density at radius 2 is 2.09 bits per heavy atom. The average Bonchev–Trinajstić information content (AvgIpc) is 2.88. The van der Waals surface area contributed by atoms with Gasteiger partial charge in [-0.1, -0.05) is 11.6 Å². The molecule has 2 aromatic heterocycles. The summed E-state index contributed by atoms with van der Waals surface area (Å²) in [7, 11) is 1.54. The number of hydrogen-bond acceptors (Lipinski definition) is 7. The standard InChI is InChI=1S/C25H28ClFN4O3S/c1-34-17-2-3-21-18(14-17)23(19(26)15-30-21)20(27)4-5-25(24(32)33)6-10-31(11-7-25)12-13-35-22-16-28-8-9-29-22/h2-3,8-9,14-16,20H,4-7,10-13H2,1H3,(H,32,33)/t20-/m0/s1. The van der Waals surface area contributed by atoms with E-state index in [-0.39, 0.29) is 17.9 Å². The number of methoxy groups -OCH3 is 1. The molecule has 1 fully saturated rings. The molecule has 7 nitrogen and oxygen atoms in total. The summed E-state index contributed by atoms with van der Waals surface area (Å²) in [5.41, 5.74) is 0.0225. The number of benzene rings is 1. The van der Waals surface area contributed by atoms with E-state index in [1.807, 2.05) is 0 Å². The monoisotopic (exact) mass is 518 g/mol. The lowest BCUT2D eigenvalue weighted by Gasteiger charge is -2.39. The average molecular weight is 519 g/mol. The van der Waals surface area contributed by atoms with Gasteiger partial charge in [0.05, 0.1) is 29.3 Å². The molecule has 0 spiro atoms. The van der Waals surface area contributed by atoms with E-state index >= 15 is 4.39 Å². The Morgan fingerprint density at radius 3 is 2.77 bits per heavy atom. The normalized spacial score (nSPS) is 16.8. The van der Waals surface area contributed by atoms with Crippen LogP contribution in [-0.2, 0) is 4.79 Å². The Hall–Kier alpha value is -2.49. The van der Waals surface area contributed by atoms with E-state index in [2.05, 4.69) is 19.9 Å². The number of alkyl halides is 1. The fourth-order valence-corrected chi connectivity index (χ4v) is 5.67. The van der Waals surface area contributed by atoms with E-state index in [0.29, 0.717) is 48.1 Å². The maximum Gasteiger partial charge on any atom is 0.309 e. The number of piperidine rings is 1. The van der Waals surface area contributed by atoms with E-state index in [0.717, 1.165) is 17.3 Å². The predicted molar refractivity (Wildman–Crippen MR) is 135 cm³/mol. The lowest BCUT2D eigenvalue weighted by atomic mass is 9.74. The number of halogens is 2. The largest absolute Gasteiger partial charge is 0.497 e. The lowest BCUT2D eigenvalue weighted by molar-refractivity contribution is -0.153. The molecule has 0 bridgehead atoms. The van der Waals surface area contributed by atoms with Crippen LogP contribution < -0.4 is 4.74 Å². The summed E-state index contributed by atoms with van der Waals surface area (Å²) < 4.78 is 20.9. The van der Waals surface area contributed by atoms with Gasteiger partial charge in [0.2, 0.25) is 0 Å². The number of aliphatic carboxylic acids is 1. The van der Waals surface area contributed by atoms with Crippen LogP contribution in [0.4, 0.5) is 4.39 Å². The highest BCUT2D eigenvalue weighted by atomic mass is 35.5. The molecule has 1 atom stereocenters. The number of carboxylic acids is 1. The molecule has 186 valence electrons. The van der Waals surface area contributed by atoms with Crippen LogP contribution in [0.2, 0.25) is 5.02 Å². The zero-order chi connectivity index (χ0) is 24.8. The number of thioether (sulfide) groups is 1. The second-order valence-electron chi connectivity index (χ2n) is 8.73. The van der Waals surface area contributed by atoms with Crippen LogP contribution in [0.1, 0.15) is 37.4 Å². The Kier molecular flexibility index (Phi) is 8.41. The zero-order valence-corrected chi connectivity index (χ0v) is 21.1. The summed E-state index contributed by atoms with van der Waals surface area (Å²) in [4.78, 5) is 27.1. The third-order valence-electron chi connectivity index (χ3n) is 6.72.